The zero-order chi connectivity index (χ0) is 20.3. The molecule has 146 valence electrons. The third-order valence-electron chi connectivity index (χ3n) is 4.34. The Bertz CT molecular complexity index is 1070. The number of aryl methyl sites for hydroxylation is 3. The maximum atomic E-state index is 12.7. The summed E-state index contributed by atoms with van der Waals surface area (Å²) in [6.07, 6.45) is 0.612. The molecule has 0 aliphatic carbocycles. The number of hydrogen-bond acceptors (Lipinski definition) is 4. The molecule has 0 atom stereocenters. The van der Waals surface area contributed by atoms with E-state index in [0.29, 0.717) is 23.1 Å². The highest BCUT2D eigenvalue weighted by Crippen LogP contribution is 2.14. The van der Waals surface area contributed by atoms with Gasteiger partial charge in [-0.05, 0) is 38.0 Å². The Morgan fingerprint density at radius 2 is 1.96 bits per heavy atom. The smallest absolute Gasteiger partial charge is 0.255 e. The van der Waals surface area contributed by atoms with Crippen molar-refractivity contribution in [3.63, 3.8) is 0 Å². The van der Waals surface area contributed by atoms with Gasteiger partial charge >= 0.3 is 0 Å². The van der Waals surface area contributed by atoms with Gasteiger partial charge in [-0.25, -0.2) is 9.67 Å². The van der Waals surface area contributed by atoms with Crippen LogP contribution in [0, 0.1) is 13.8 Å². The molecule has 1 aromatic carbocycles. The highest BCUT2D eigenvalue weighted by Gasteiger charge is 2.16. The number of aromatic nitrogens is 4. The first-order chi connectivity index (χ1) is 13.4. The van der Waals surface area contributed by atoms with E-state index in [9.17, 15) is 9.59 Å². The average molecular weight is 400 g/mol. The normalized spacial score (nSPS) is 10.9. The summed E-state index contributed by atoms with van der Waals surface area (Å²) >= 11 is 6.12. The number of hydrogen-bond donors (Lipinski definition) is 1. The molecule has 7 nitrogen and oxygen atoms in total. The van der Waals surface area contributed by atoms with E-state index < -0.39 is 0 Å². The molecule has 0 spiro atoms. The molecule has 3 rings (SSSR count). The lowest BCUT2D eigenvalue weighted by Crippen LogP contribution is -2.35. The summed E-state index contributed by atoms with van der Waals surface area (Å²) in [6.45, 7) is 5.79. The SMILES string of the molecule is CCc1cc(=O)n(CC(=O)NCc2ccccc2Cl)c(-n2nc(C)cc2C)n1. The van der Waals surface area contributed by atoms with Gasteiger partial charge in [0.1, 0.15) is 6.54 Å². The van der Waals surface area contributed by atoms with Crippen molar-refractivity contribution in [3.8, 4) is 5.95 Å². The minimum Gasteiger partial charge on any atom is -0.350 e. The Morgan fingerprint density at radius 1 is 1.21 bits per heavy atom. The van der Waals surface area contributed by atoms with Gasteiger partial charge in [-0.2, -0.15) is 5.10 Å². The molecule has 8 heteroatoms. The topological polar surface area (TPSA) is 81.8 Å². The monoisotopic (exact) mass is 399 g/mol. The molecule has 0 bridgehead atoms. The van der Waals surface area contributed by atoms with Crippen molar-refractivity contribution in [3.05, 3.63) is 74.4 Å². The van der Waals surface area contributed by atoms with Gasteiger partial charge < -0.3 is 5.32 Å². The van der Waals surface area contributed by atoms with E-state index in [2.05, 4.69) is 15.4 Å². The van der Waals surface area contributed by atoms with E-state index in [1.54, 1.807) is 10.7 Å². The van der Waals surface area contributed by atoms with Crippen LogP contribution in [0.25, 0.3) is 5.95 Å². The molecular formula is C20H22ClN5O2. The fourth-order valence-electron chi connectivity index (χ4n) is 2.90. The predicted octanol–water partition coefficient (Wildman–Crippen LogP) is 2.58. The van der Waals surface area contributed by atoms with Crippen molar-refractivity contribution in [1.82, 2.24) is 24.6 Å². The average Bonchev–Trinajstić information content (AvgIpc) is 3.00. The van der Waals surface area contributed by atoms with Crippen LogP contribution in [0.2, 0.25) is 5.02 Å². The second-order valence-electron chi connectivity index (χ2n) is 6.53. The summed E-state index contributed by atoms with van der Waals surface area (Å²) in [7, 11) is 0. The third-order valence-corrected chi connectivity index (χ3v) is 4.71. The van der Waals surface area contributed by atoms with Crippen LogP contribution in [0.15, 0.2) is 41.2 Å². The Kier molecular flexibility index (Phi) is 5.94. The van der Waals surface area contributed by atoms with Crippen molar-refractivity contribution in [2.45, 2.75) is 40.3 Å². The zero-order valence-corrected chi connectivity index (χ0v) is 16.8. The van der Waals surface area contributed by atoms with E-state index in [0.717, 1.165) is 17.0 Å². The molecule has 2 heterocycles. The highest BCUT2D eigenvalue weighted by atomic mass is 35.5. The molecule has 2 aromatic heterocycles. The summed E-state index contributed by atoms with van der Waals surface area (Å²) in [5.74, 6) is 0.0266. The summed E-state index contributed by atoms with van der Waals surface area (Å²) in [5, 5.41) is 7.80. The molecule has 1 amide bonds. The van der Waals surface area contributed by atoms with Crippen molar-refractivity contribution in [2.24, 2.45) is 0 Å². The minimum atomic E-state index is -0.309. The van der Waals surface area contributed by atoms with E-state index in [4.69, 9.17) is 11.6 Å². The van der Waals surface area contributed by atoms with Crippen LogP contribution in [0.1, 0.15) is 29.6 Å². The lowest BCUT2D eigenvalue weighted by molar-refractivity contribution is -0.121. The van der Waals surface area contributed by atoms with Crippen LogP contribution in [-0.2, 0) is 24.3 Å². The van der Waals surface area contributed by atoms with Crippen LogP contribution >= 0.6 is 11.6 Å². The van der Waals surface area contributed by atoms with Crippen LogP contribution in [0.4, 0.5) is 0 Å². The number of benzene rings is 1. The standard InChI is InChI=1S/C20H22ClN5O2/c1-4-16-10-19(28)25(20(23-16)26-14(3)9-13(2)24-26)12-18(27)22-11-15-7-5-6-8-17(15)21/h5-10H,4,11-12H2,1-3H3,(H,22,27). The van der Waals surface area contributed by atoms with E-state index in [-0.39, 0.29) is 24.6 Å². The fraction of sp³-hybridized carbons (Fsp3) is 0.300. The molecule has 1 N–H and O–H groups in total. The number of carbonyl (C=O) groups excluding carboxylic acids is 1. The molecule has 0 aliphatic heterocycles. The second kappa shape index (κ2) is 8.39. The molecule has 0 fully saturated rings. The summed E-state index contributed by atoms with van der Waals surface area (Å²) in [4.78, 5) is 29.7. The zero-order valence-electron chi connectivity index (χ0n) is 16.1. The van der Waals surface area contributed by atoms with Gasteiger partial charge in [0.2, 0.25) is 11.9 Å². The molecule has 3 aromatic rings. The molecule has 0 unspecified atom stereocenters. The van der Waals surface area contributed by atoms with E-state index >= 15 is 0 Å². The highest BCUT2D eigenvalue weighted by molar-refractivity contribution is 6.31. The van der Waals surface area contributed by atoms with Crippen molar-refractivity contribution in [1.29, 1.82) is 0 Å². The second-order valence-corrected chi connectivity index (χ2v) is 6.94. The Balaban J connectivity index is 1.88. The Labute approximate surface area is 168 Å². The Hall–Kier alpha value is -2.93. The third kappa shape index (κ3) is 4.31. The van der Waals surface area contributed by atoms with Gasteiger partial charge in [0.25, 0.3) is 5.56 Å². The van der Waals surface area contributed by atoms with Gasteiger partial charge in [-0.3, -0.25) is 14.2 Å². The van der Waals surface area contributed by atoms with Crippen molar-refractivity contribution < 1.29 is 4.79 Å². The van der Waals surface area contributed by atoms with E-state index in [1.165, 1.54) is 10.6 Å². The Morgan fingerprint density at radius 3 is 2.61 bits per heavy atom. The molecule has 0 saturated carbocycles. The summed E-state index contributed by atoms with van der Waals surface area (Å²) in [6, 6.07) is 10.6. The number of halogens is 1. The largest absolute Gasteiger partial charge is 0.350 e. The number of rotatable bonds is 6. The van der Waals surface area contributed by atoms with Crippen LogP contribution in [-0.4, -0.2) is 25.2 Å². The minimum absolute atomic E-state index is 0.159. The van der Waals surface area contributed by atoms with Gasteiger partial charge in [0.15, 0.2) is 0 Å². The molecule has 0 saturated heterocycles. The number of nitrogens with zero attached hydrogens (tertiary/aromatic N) is 4. The summed E-state index contributed by atoms with van der Waals surface area (Å²) in [5.41, 5.74) is 2.82. The van der Waals surface area contributed by atoms with Gasteiger partial charge in [0, 0.05) is 29.0 Å². The number of nitrogens with one attached hydrogen (secondary N) is 1. The first-order valence-corrected chi connectivity index (χ1v) is 9.41. The van der Waals surface area contributed by atoms with Crippen LogP contribution < -0.4 is 10.9 Å². The lowest BCUT2D eigenvalue weighted by Gasteiger charge is -2.14. The maximum absolute atomic E-state index is 12.7. The first kappa shape index (κ1) is 19.8. The van der Waals surface area contributed by atoms with Crippen LogP contribution in [0.3, 0.4) is 0 Å². The first-order valence-electron chi connectivity index (χ1n) is 9.03. The lowest BCUT2D eigenvalue weighted by atomic mass is 10.2. The molecular weight excluding hydrogens is 378 g/mol. The summed E-state index contributed by atoms with van der Waals surface area (Å²) < 4.78 is 2.93. The molecule has 0 aliphatic rings. The molecule has 28 heavy (non-hydrogen) atoms. The van der Waals surface area contributed by atoms with Crippen molar-refractivity contribution in [2.75, 3.05) is 0 Å². The fourth-order valence-corrected chi connectivity index (χ4v) is 3.10. The van der Waals surface area contributed by atoms with Crippen LogP contribution in [0.5, 0.6) is 0 Å². The predicted molar refractivity (Wildman–Crippen MR) is 108 cm³/mol. The quantitative estimate of drug-likeness (QED) is 0.690. The van der Waals surface area contributed by atoms with Gasteiger partial charge in [-0.15, -0.1) is 0 Å². The molecule has 0 radical (unpaired) electrons. The van der Waals surface area contributed by atoms with Gasteiger partial charge in [-0.1, -0.05) is 36.7 Å². The van der Waals surface area contributed by atoms with Crippen molar-refractivity contribution >= 4 is 17.5 Å². The van der Waals surface area contributed by atoms with Gasteiger partial charge in [0.05, 0.1) is 5.69 Å². The number of amides is 1. The van der Waals surface area contributed by atoms with E-state index in [1.807, 2.05) is 45.0 Å². The maximum Gasteiger partial charge on any atom is 0.255 e. The number of carbonyl (C=O) groups is 1.